The standard InChI is InChI=1S/C21H21N3O3/c1-14-8-7-11-17(15(14)2)22-20(25)13-24(3)21(26)18-12-19(27-23-18)16-9-5-4-6-10-16/h4-12H,13H2,1-3H3,(H,22,25). The van der Waals surface area contributed by atoms with Crippen molar-refractivity contribution in [2.45, 2.75) is 13.8 Å². The summed E-state index contributed by atoms with van der Waals surface area (Å²) in [7, 11) is 1.56. The zero-order valence-electron chi connectivity index (χ0n) is 15.5. The van der Waals surface area contributed by atoms with Gasteiger partial charge in [0.15, 0.2) is 11.5 Å². The second-order valence-corrected chi connectivity index (χ2v) is 6.40. The minimum atomic E-state index is -0.378. The van der Waals surface area contributed by atoms with Crippen molar-refractivity contribution in [1.29, 1.82) is 0 Å². The summed E-state index contributed by atoms with van der Waals surface area (Å²) in [5.41, 5.74) is 3.83. The Kier molecular flexibility index (Phi) is 5.35. The van der Waals surface area contributed by atoms with Gasteiger partial charge < -0.3 is 14.7 Å². The number of carbonyl (C=O) groups excluding carboxylic acids is 2. The maximum absolute atomic E-state index is 12.5. The number of hydrogen-bond donors (Lipinski definition) is 1. The Balaban J connectivity index is 1.65. The van der Waals surface area contributed by atoms with E-state index in [1.54, 1.807) is 13.1 Å². The van der Waals surface area contributed by atoms with Crippen LogP contribution in [-0.4, -0.2) is 35.5 Å². The quantitative estimate of drug-likeness (QED) is 0.750. The number of likely N-dealkylation sites (N-methyl/N-ethyl adjacent to an activating group) is 1. The van der Waals surface area contributed by atoms with E-state index in [4.69, 9.17) is 4.52 Å². The van der Waals surface area contributed by atoms with Crippen LogP contribution in [0.4, 0.5) is 5.69 Å². The fraction of sp³-hybridized carbons (Fsp3) is 0.190. The largest absolute Gasteiger partial charge is 0.355 e. The molecule has 3 rings (SSSR count). The van der Waals surface area contributed by atoms with Gasteiger partial charge in [-0.1, -0.05) is 47.6 Å². The number of anilines is 1. The summed E-state index contributed by atoms with van der Waals surface area (Å²) in [4.78, 5) is 26.1. The van der Waals surface area contributed by atoms with Gasteiger partial charge in [0.1, 0.15) is 0 Å². The predicted molar refractivity (Wildman–Crippen MR) is 103 cm³/mol. The topological polar surface area (TPSA) is 75.4 Å². The van der Waals surface area contributed by atoms with Crippen LogP contribution in [-0.2, 0) is 4.79 Å². The molecule has 1 heterocycles. The minimum absolute atomic E-state index is 0.0836. The summed E-state index contributed by atoms with van der Waals surface area (Å²) < 4.78 is 5.25. The number of nitrogens with one attached hydrogen (secondary N) is 1. The van der Waals surface area contributed by atoms with Gasteiger partial charge in [0.25, 0.3) is 5.91 Å². The number of benzene rings is 2. The molecule has 3 aromatic rings. The lowest BCUT2D eigenvalue weighted by atomic mass is 10.1. The Morgan fingerprint density at radius 3 is 2.56 bits per heavy atom. The molecule has 0 aliphatic rings. The van der Waals surface area contributed by atoms with Crippen molar-refractivity contribution < 1.29 is 14.1 Å². The lowest BCUT2D eigenvalue weighted by Crippen LogP contribution is -2.35. The maximum Gasteiger partial charge on any atom is 0.276 e. The van der Waals surface area contributed by atoms with Crippen LogP contribution >= 0.6 is 0 Å². The molecule has 0 radical (unpaired) electrons. The first-order chi connectivity index (χ1) is 13.0. The molecule has 0 saturated carbocycles. The van der Waals surface area contributed by atoms with E-state index in [2.05, 4.69) is 10.5 Å². The molecule has 0 bridgehead atoms. The SMILES string of the molecule is Cc1cccc(NC(=O)CN(C)C(=O)c2cc(-c3ccccc3)on2)c1C. The summed E-state index contributed by atoms with van der Waals surface area (Å²) >= 11 is 0. The molecule has 2 amide bonds. The predicted octanol–water partition coefficient (Wildman–Crippen LogP) is 3.67. The average Bonchev–Trinajstić information content (AvgIpc) is 3.15. The van der Waals surface area contributed by atoms with Crippen LogP contribution in [0, 0.1) is 13.8 Å². The van der Waals surface area contributed by atoms with Crippen molar-refractivity contribution in [2.75, 3.05) is 18.9 Å². The Labute approximate surface area is 157 Å². The molecule has 0 aliphatic heterocycles. The Morgan fingerprint density at radius 1 is 1.07 bits per heavy atom. The summed E-state index contributed by atoms with van der Waals surface area (Å²) in [5, 5.41) is 6.68. The summed E-state index contributed by atoms with van der Waals surface area (Å²) in [6.07, 6.45) is 0. The van der Waals surface area contributed by atoms with Crippen molar-refractivity contribution in [1.82, 2.24) is 10.1 Å². The van der Waals surface area contributed by atoms with E-state index >= 15 is 0 Å². The lowest BCUT2D eigenvalue weighted by Gasteiger charge is -2.16. The molecule has 27 heavy (non-hydrogen) atoms. The summed E-state index contributed by atoms with van der Waals surface area (Å²) in [6.45, 7) is 3.84. The van der Waals surface area contributed by atoms with Crippen LogP contribution in [0.1, 0.15) is 21.6 Å². The number of amides is 2. The summed E-state index contributed by atoms with van der Waals surface area (Å²) in [6, 6.07) is 16.7. The zero-order valence-corrected chi connectivity index (χ0v) is 15.5. The molecule has 2 aromatic carbocycles. The van der Waals surface area contributed by atoms with Gasteiger partial charge in [0.2, 0.25) is 5.91 Å². The highest BCUT2D eigenvalue weighted by atomic mass is 16.5. The van der Waals surface area contributed by atoms with Crippen LogP contribution in [0.25, 0.3) is 11.3 Å². The molecular formula is C21H21N3O3. The maximum atomic E-state index is 12.5. The fourth-order valence-electron chi connectivity index (χ4n) is 2.67. The van der Waals surface area contributed by atoms with Crippen molar-refractivity contribution >= 4 is 17.5 Å². The molecule has 1 N–H and O–H groups in total. The summed E-state index contributed by atoms with van der Waals surface area (Å²) in [5.74, 6) is -0.143. The normalized spacial score (nSPS) is 10.5. The molecule has 1 aromatic heterocycles. The third kappa shape index (κ3) is 4.23. The van der Waals surface area contributed by atoms with E-state index in [9.17, 15) is 9.59 Å². The minimum Gasteiger partial charge on any atom is -0.355 e. The number of rotatable bonds is 5. The fourth-order valence-corrected chi connectivity index (χ4v) is 2.67. The number of carbonyl (C=O) groups is 2. The van der Waals surface area contributed by atoms with Gasteiger partial charge in [-0.3, -0.25) is 9.59 Å². The van der Waals surface area contributed by atoms with Gasteiger partial charge in [0, 0.05) is 24.4 Å². The molecule has 6 nitrogen and oxygen atoms in total. The molecule has 0 unspecified atom stereocenters. The monoisotopic (exact) mass is 363 g/mol. The van der Waals surface area contributed by atoms with E-state index in [0.29, 0.717) is 5.76 Å². The van der Waals surface area contributed by atoms with Gasteiger partial charge in [-0.25, -0.2) is 0 Å². The van der Waals surface area contributed by atoms with Gasteiger partial charge >= 0.3 is 0 Å². The third-order valence-electron chi connectivity index (χ3n) is 4.39. The molecule has 0 saturated heterocycles. The molecule has 0 atom stereocenters. The smallest absolute Gasteiger partial charge is 0.276 e. The molecule has 0 spiro atoms. The molecule has 6 heteroatoms. The molecule has 0 fully saturated rings. The number of nitrogens with zero attached hydrogens (tertiary/aromatic N) is 2. The van der Waals surface area contributed by atoms with Crippen molar-refractivity contribution in [2.24, 2.45) is 0 Å². The second-order valence-electron chi connectivity index (χ2n) is 6.40. The van der Waals surface area contributed by atoms with Gasteiger partial charge in [0.05, 0.1) is 6.54 Å². The third-order valence-corrected chi connectivity index (χ3v) is 4.39. The van der Waals surface area contributed by atoms with E-state index in [1.807, 2.05) is 62.4 Å². The van der Waals surface area contributed by atoms with Crippen LogP contribution < -0.4 is 5.32 Å². The first-order valence-electron chi connectivity index (χ1n) is 8.59. The number of hydrogen-bond acceptors (Lipinski definition) is 4. The first kappa shape index (κ1) is 18.4. The highest BCUT2D eigenvalue weighted by Crippen LogP contribution is 2.20. The lowest BCUT2D eigenvalue weighted by molar-refractivity contribution is -0.116. The second kappa shape index (κ2) is 7.86. The Hall–Kier alpha value is -3.41. The Bertz CT molecular complexity index is 964. The van der Waals surface area contributed by atoms with Gasteiger partial charge in [-0.2, -0.15) is 0 Å². The van der Waals surface area contributed by atoms with Crippen LogP contribution in [0.5, 0.6) is 0 Å². The number of aryl methyl sites for hydroxylation is 1. The first-order valence-corrected chi connectivity index (χ1v) is 8.59. The van der Waals surface area contributed by atoms with Crippen LogP contribution in [0.2, 0.25) is 0 Å². The molecular weight excluding hydrogens is 342 g/mol. The van der Waals surface area contributed by atoms with E-state index in [-0.39, 0.29) is 24.1 Å². The molecule has 138 valence electrons. The zero-order chi connectivity index (χ0) is 19.4. The molecule has 0 aliphatic carbocycles. The number of aromatic nitrogens is 1. The van der Waals surface area contributed by atoms with Gasteiger partial charge in [-0.15, -0.1) is 0 Å². The van der Waals surface area contributed by atoms with Crippen LogP contribution in [0.3, 0.4) is 0 Å². The van der Waals surface area contributed by atoms with E-state index < -0.39 is 0 Å². The van der Waals surface area contributed by atoms with Crippen molar-refractivity contribution in [3.8, 4) is 11.3 Å². The highest BCUT2D eigenvalue weighted by molar-refractivity contribution is 5.99. The van der Waals surface area contributed by atoms with Gasteiger partial charge in [-0.05, 0) is 31.0 Å². The van der Waals surface area contributed by atoms with Crippen LogP contribution in [0.15, 0.2) is 59.1 Å². The highest BCUT2D eigenvalue weighted by Gasteiger charge is 2.20. The van der Waals surface area contributed by atoms with E-state index in [1.165, 1.54) is 4.90 Å². The van der Waals surface area contributed by atoms with E-state index in [0.717, 1.165) is 22.4 Å². The van der Waals surface area contributed by atoms with Crippen molar-refractivity contribution in [3.63, 3.8) is 0 Å². The van der Waals surface area contributed by atoms with Crippen molar-refractivity contribution in [3.05, 3.63) is 71.4 Å². The Morgan fingerprint density at radius 2 is 1.81 bits per heavy atom. The average molecular weight is 363 g/mol.